The van der Waals surface area contributed by atoms with Crippen LogP contribution < -0.4 is 5.32 Å². The van der Waals surface area contributed by atoms with Gasteiger partial charge >= 0.3 is 5.97 Å². The predicted octanol–water partition coefficient (Wildman–Crippen LogP) is 0.793. The van der Waals surface area contributed by atoms with Gasteiger partial charge in [-0.1, -0.05) is 6.92 Å². The largest absolute Gasteiger partial charge is 0.463 e. The standard InChI is InChI=1S/C9H17NO2/c1-6(2)12-9(11)7(3)8-4-10-5-8/h6-8,10H,4-5H2,1-3H3. The van der Waals surface area contributed by atoms with Crippen molar-refractivity contribution < 1.29 is 9.53 Å². The Kier molecular flexibility index (Phi) is 3.09. The van der Waals surface area contributed by atoms with Crippen molar-refractivity contribution in [1.82, 2.24) is 5.32 Å². The molecule has 0 aromatic carbocycles. The second-order valence-corrected chi connectivity index (χ2v) is 3.69. The first-order chi connectivity index (χ1) is 5.61. The van der Waals surface area contributed by atoms with E-state index in [2.05, 4.69) is 5.32 Å². The first kappa shape index (κ1) is 9.52. The smallest absolute Gasteiger partial charge is 0.309 e. The van der Waals surface area contributed by atoms with Crippen LogP contribution >= 0.6 is 0 Å². The van der Waals surface area contributed by atoms with Crippen molar-refractivity contribution in [3.8, 4) is 0 Å². The number of ether oxygens (including phenoxy) is 1. The lowest BCUT2D eigenvalue weighted by atomic mass is 9.89. The Hall–Kier alpha value is -0.570. The minimum Gasteiger partial charge on any atom is -0.463 e. The first-order valence-electron chi connectivity index (χ1n) is 4.52. The molecule has 0 radical (unpaired) electrons. The van der Waals surface area contributed by atoms with E-state index in [1.54, 1.807) is 0 Å². The lowest BCUT2D eigenvalue weighted by molar-refractivity contribution is -0.154. The second kappa shape index (κ2) is 3.90. The summed E-state index contributed by atoms with van der Waals surface area (Å²) in [4.78, 5) is 11.3. The molecule has 0 saturated carbocycles. The van der Waals surface area contributed by atoms with Gasteiger partial charge in [-0.05, 0) is 32.9 Å². The Labute approximate surface area is 73.5 Å². The van der Waals surface area contributed by atoms with Crippen molar-refractivity contribution in [2.75, 3.05) is 13.1 Å². The molecule has 0 amide bonds. The van der Waals surface area contributed by atoms with E-state index in [9.17, 15) is 4.79 Å². The Morgan fingerprint density at radius 1 is 1.42 bits per heavy atom. The van der Waals surface area contributed by atoms with Crippen molar-refractivity contribution in [2.24, 2.45) is 11.8 Å². The molecule has 0 spiro atoms. The number of hydrogen-bond donors (Lipinski definition) is 1. The van der Waals surface area contributed by atoms with Gasteiger partial charge in [-0.15, -0.1) is 0 Å². The highest BCUT2D eigenvalue weighted by Gasteiger charge is 2.29. The third-order valence-electron chi connectivity index (χ3n) is 2.24. The summed E-state index contributed by atoms with van der Waals surface area (Å²) in [5.41, 5.74) is 0. The molecule has 1 rings (SSSR count). The molecule has 1 atom stereocenters. The zero-order valence-electron chi connectivity index (χ0n) is 7.96. The summed E-state index contributed by atoms with van der Waals surface area (Å²) < 4.78 is 5.10. The van der Waals surface area contributed by atoms with Gasteiger partial charge < -0.3 is 10.1 Å². The van der Waals surface area contributed by atoms with Crippen LogP contribution in [0.5, 0.6) is 0 Å². The summed E-state index contributed by atoms with van der Waals surface area (Å²) in [6.45, 7) is 7.60. The molecule has 0 aliphatic carbocycles. The third-order valence-corrected chi connectivity index (χ3v) is 2.24. The molecule has 1 heterocycles. The first-order valence-corrected chi connectivity index (χ1v) is 4.52. The molecule has 1 unspecified atom stereocenters. The van der Waals surface area contributed by atoms with Crippen LogP contribution in [0, 0.1) is 11.8 Å². The van der Waals surface area contributed by atoms with E-state index in [4.69, 9.17) is 4.74 Å². The zero-order chi connectivity index (χ0) is 9.14. The van der Waals surface area contributed by atoms with Gasteiger partial charge in [-0.2, -0.15) is 0 Å². The average molecular weight is 171 g/mol. The van der Waals surface area contributed by atoms with Crippen molar-refractivity contribution >= 4 is 5.97 Å². The van der Waals surface area contributed by atoms with Gasteiger partial charge in [-0.3, -0.25) is 4.79 Å². The number of carbonyl (C=O) groups excluding carboxylic acids is 1. The Morgan fingerprint density at radius 3 is 2.33 bits per heavy atom. The van der Waals surface area contributed by atoms with Gasteiger partial charge in [0.15, 0.2) is 0 Å². The van der Waals surface area contributed by atoms with E-state index in [0.717, 1.165) is 13.1 Å². The van der Waals surface area contributed by atoms with Gasteiger partial charge in [0.1, 0.15) is 0 Å². The summed E-state index contributed by atoms with van der Waals surface area (Å²) in [5.74, 6) is 0.474. The molecule has 3 heteroatoms. The normalized spacial score (nSPS) is 20.3. The molecule has 70 valence electrons. The molecule has 0 aromatic rings. The molecule has 0 bridgehead atoms. The van der Waals surface area contributed by atoms with Crippen LogP contribution in [0.4, 0.5) is 0 Å². The summed E-state index contributed by atoms with van der Waals surface area (Å²) in [5, 5.41) is 3.14. The van der Waals surface area contributed by atoms with Gasteiger partial charge in [0.05, 0.1) is 12.0 Å². The molecular weight excluding hydrogens is 154 g/mol. The maximum atomic E-state index is 11.3. The number of rotatable bonds is 3. The number of nitrogens with one attached hydrogen (secondary N) is 1. The molecule has 3 nitrogen and oxygen atoms in total. The number of hydrogen-bond acceptors (Lipinski definition) is 3. The highest BCUT2D eigenvalue weighted by molar-refractivity contribution is 5.72. The van der Waals surface area contributed by atoms with Crippen molar-refractivity contribution in [3.05, 3.63) is 0 Å². The van der Waals surface area contributed by atoms with Crippen LogP contribution in [-0.4, -0.2) is 25.2 Å². The molecule has 12 heavy (non-hydrogen) atoms. The maximum Gasteiger partial charge on any atom is 0.309 e. The van der Waals surface area contributed by atoms with Crippen molar-refractivity contribution in [2.45, 2.75) is 26.9 Å². The van der Waals surface area contributed by atoms with Crippen LogP contribution in [0.15, 0.2) is 0 Å². The lowest BCUT2D eigenvalue weighted by Gasteiger charge is -2.31. The van der Waals surface area contributed by atoms with E-state index in [-0.39, 0.29) is 18.0 Å². The molecule has 1 saturated heterocycles. The highest BCUT2D eigenvalue weighted by Crippen LogP contribution is 2.17. The summed E-state index contributed by atoms with van der Waals surface area (Å²) >= 11 is 0. The molecule has 1 aliphatic heterocycles. The van der Waals surface area contributed by atoms with Gasteiger partial charge in [0.25, 0.3) is 0 Å². The summed E-state index contributed by atoms with van der Waals surface area (Å²) in [7, 11) is 0. The SMILES string of the molecule is CC(C)OC(=O)C(C)C1CNC1. The van der Waals surface area contributed by atoms with E-state index >= 15 is 0 Å². The van der Waals surface area contributed by atoms with Crippen molar-refractivity contribution in [1.29, 1.82) is 0 Å². The van der Waals surface area contributed by atoms with E-state index in [0.29, 0.717) is 5.92 Å². The Morgan fingerprint density at radius 2 is 2.00 bits per heavy atom. The quantitative estimate of drug-likeness (QED) is 0.638. The number of esters is 1. The molecular formula is C9H17NO2. The van der Waals surface area contributed by atoms with Gasteiger partial charge in [0, 0.05) is 0 Å². The molecule has 1 fully saturated rings. The second-order valence-electron chi connectivity index (χ2n) is 3.69. The number of carbonyl (C=O) groups is 1. The van der Waals surface area contributed by atoms with Crippen LogP contribution in [0.1, 0.15) is 20.8 Å². The zero-order valence-corrected chi connectivity index (χ0v) is 7.96. The monoisotopic (exact) mass is 171 g/mol. The fourth-order valence-corrected chi connectivity index (χ4v) is 1.20. The van der Waals surface area contributed by atoms with E-state index in [1.807, 2.05) is 20.8 Å². The van der Waals surface area contributed by atoms with Crippen molar-refractivity contribution in [3.63, 3.8) is 0 Å². The molecule has 1 aliphatic rings. The fourth-order valence-electron chi connectivity index (χ4n) is 1.20. The predicted molar refractivity (Wildman–Crippen MR) is 46.8 cm³/mol. The highest BCUT2D eigenvalue weighted by atomic mass is 16.5. The van der Waals surface area contributed by atoms with Gasteiger partial charge in [0.2, 0.25) is 0 Å². The maximum absolute atomic E-state index is 11.3. The molecule has 0 aromatic heterocycles. The van der Waals surface area contributed by atoms with Gasteiger partial charge in [-0.25, -0.2) is 0 Å². The van der Waals surface area contributed by atoms with E-state index < -0.39 is 0 Å². The fraction of sp³-hybridized carbons (Fsp3) is 0.889. The summed E-state index contributed by atoms with van der Waals surface area (Å²) in [6.07, 6.45) is 0.00739. The topological polar surface area (TPSA) is 38.3 Å². The molecule has 1 N–H and O–H groups in total. The van der Waals surface area contributed by atoms with Crippen LogP contribution in [0.3, 0.4) is 0 Å². The Balaban J connectivity index is 2.30. The average Bonchev–Trinajstić information content (AvgIpc) is 1.81. The van der Waals surface area contributed by atoms with Crippen LogP contribution in [0.2, 0.25) is 0 Å². The lowest BCUT2D eigenvalue weighted by Crippen LogP contribution is -2.47. The minimum atomic E-state index is -0.0588. The van der Waals surface area contributed by atoms with Crippen LogP contribution in [0.25, 0.3) is 0 Å². The summed E-state index contributed by atoms with van der Waals surface area (Å²) in [6, 6.07) is 0. The van der Waals surface area contributed by atoms with E-state index in [1.165, 1.54) is 0 Å². The Bertz CT molecular complexity index is 164. The van der Waals surface area contributed by atoms with Crippen LogP contribution in [-0.2, 0) is 9.53 Å². The third kappa shape index (κ3) is 2.21. The minimum absolute atomic E-state index is 0.00739.